The Bertz CT molecular complexity index is 1300. The molecule has 1 atom stereocenters. The number of hydrogen-bond donors (Lipinski definition) is 1. The summed E-state index contributed by atoms with van der Waals surface area (Å²) in [6, 6.07) is 9.89. The average molecular weight is 432 g/mol. The molecule has 0 aliphatic carbocycles. The van der Waals surface area contributed by atoms with E-state index >= 15 is 0 Å². The van der Waals surface area contributed by atoms with E-state index in [0.717, 1.165) is 27.9 Å². The molecule has 0 bridgehead atoms. The molecule has 5 rings (SSSR count). The molecule has 1 unspecified atom stereocenters. The van der Waals surface area contributed by atoms with Gasteiger partial charge in [0.15, 0.2) is 0 Å². The van der Waals surface area contributed by atoms with E-state index in [-0.39, 0.29) is 24.1 Å². The predicted molar refractivity (Wildman–Crippen MR) is 115 cm³/mol. The minimum Gasteiger partial charge on any atom is -0.322 e. The molecule has 162 valence electrons. The first-order valence-electron chi connectivity index (χ1n) is 10.4. The van der Waals surface area contributed by atoms with Gasteiger partial charge in [0.1, 0.15) is 11.9 Å². The van der Waals surface area contributed by atoms with Crippen molar-refractivity contribution in [3.05, 3.63) is 65.1 Å². The van der Waals surface area contributed by atoms with Crippen LogP contribution in [0.1, 0.15) is 34.3 Å². The van der Waals surface area contributed by atoms with Gasteiger partial charge in [-0.25, -0.2) is 4.39 Å². The van der Waals surface area contributed by atoms with Crippen molar-refractivity contribution in [3.8, 4) is 22.4 Å². The lowest BCUT2D eigenvalue weighted by molar-refractivity contribution is -0.136. The van der Waals surface area contributed by atoms with E-state index in [1.807, 2.05) is 19.2 Å². The maximum absolute atomic E-state index is 13.8. The molecular formula is C24H21FN4O3. The number of amides is 3. The Hall–Kier alpha value is -3.81. The highest BCUT2D eigenvalue weighted by molar-refractivity contribution is 6.05. The molecule has 3 aromatic rings. The van der Waals surface area contributed by atoms with Crippen LogP contribution in [0, 0.1) is 12.7 Å². The van der Waals surface area contributed by atoms with Gasteiger partial charge in [0, 0.05) is 36.7 Å². The van der Waals surface area contributed by atoms with Crippen molar-refractivity contribution in [2.75, 3.05) is 0 Å². The van der Waals surface area contributed by atoms with Crippen LogP contribution in [-0.2, 0) is 23.2 Å². The molecule has 3 amide bonds. The number of rotatable bonds is 3. The van der Waals surface area contributed by atoms with Gasteiger partial charge in [-0.1, -0.05) is 6.07 Å². The normalized spacial score (nSPS) is 18.2. The van der Waals surface area contributed by atoms with E-state index in [1.54, 1.807) is 36.0 Å². The van der Waals surface area contributed by atoms with Crippen molar-refractivity contribution in [1.29, 1.82) is 0 Å². The van der Waals surface area contributed by atoms with E-state index < -0.39 is 11.9 Å². The smallest absolute Gasteiger partial charge is 0.255 e. The number of nitrogens with zero attached hydrogens (tertiary/aromatic N) is 3. The van der Waals surface area contributed by atoms with Crippen LogP contribution in [0.2, 0.25) is 0 Å². The monoisotopic (exact) mass is 432 g/mol. The van der Waals surface area contributed by atoms with E-state index in [0.29, 0.717) is 24.1 Å². The summed E-state index contributed by atoms with van der Waals surface area (Å²) < 4.78 is 15.5. The molecular weight excluding hydrogens is 411 g/mol. The molecule has 0 radical (unpaired) electrons. The number of benzene rings is 2. The number of imide groups is 1. The maximum atomic E-state index is 13.8. The molecule has 1 fully saturated rings. The first kappa shape index (κ1) is 20.1. The molecule has 1 saturated heterocycles. The second-order valence-electron chi connectivity index (χ2n) is 8.27. The number of piperidine rings is 1. The molecule has 3 heterocycles. The largest absolute Gasteiger partial charge is 0.322 e. The number of nitrogens with one attached hydrogen (secondary N) is 1. The number of halogens is 1. The van der Waals surface area contributed by atoms with E-state index in [1.165, 1.54) is 11.0 Å². The highest BCUT2D eigenvalue weighted by Gasteiger charge is 2.39. The van der Waals surface area contributed by atoms with Gasteiger partial charge >= 0.3 is 0 Å². The molecule has 2 aliphatic rings. The molecule has 2 aliphatic heterocycles. The Kier molecular flexibility index (Phi) is 4.65. The van der Waals surface area contributed by atoms with Crippen molar-refractivity contribution < 1.29 is 18.8 Å². The summed E-state index contributed by atoms with van der Waals surface area (Å²) in [6.07, 6.45) is 2.30. The third-order valence-corrected chi connectivity index (χ3v) is 6.20. The fraction of sp³-hybridized carbons (Fsp3) is 0.250. The van der Waals surface area contributed by atoms with Crippen LogP contribution in [0.3, 0.4) is 0 Å². The second kappa shape index (κ2) is 7.40. The molecule has 8 heteroatoms. The Morgan fingerprint density at radius 2 is 1.84 bits per heavy atom. The SMILES string of the molecule is Cc1cc(-c2c(-c3ccc4c(c3)CN(C3CCC(=O)NC3=O)C4=O)cnn2C)ccc1F. The fourth-order valence-corrected chi connectivity index (χ4v) is 4.53. The minimum atomic E-state index is -0.646. The lowest BCUT2D eigenvalue weighted by Gasteiger charge is -2.29. The second-order valence-corrected chi connectivity index (χ2v) is 8.27. The predicted octanol–water partition coefficient (Wildman–Crippen LogP) is 2.96. The van der Waals surface area contributed by atoms with Crippen molar-refractivity contribution in [3.63, 3.8) is 0 Å². The molecule has 7 nitrogen and oxygen atoms in total. The zero-order valence-electron chi connectivity index (χ0n) is 17.7. The van der Waals surface area contributed by atoms with Gasteiger partial charge in [-0.15, -0.1) is 0 Å². The van der Waals surface area contributed by atoms with Crippen LogP contribution in [-0.4, -0.2) is 38.4 Å². The number of carbonyl (C=O) groups is 3. The van der Waals surface area contributed by atoms with Crippen molar-refractivity contribution in [2.45, 2.75) is 32.4 Å². The van der Waals surface area contributed by atoms with Gasteiger partial charge in [-0.2, -0.15) is 5.10 Å². The zero-order chi connectivity index (χ0) is 22.6. The minimum absolute atomic E-state index is 0.207. The topological polar surface area (TPSA) is 84.3 Å². The van der Waals surface area contributed by atoms with Gasteiger partial charge < -0.3 is 4.90 Å². The number of fused-ring (bicyclic) bond motifs is 1. The Morgan fingerprint density at radius 1 is 1.06 bits per heavy atom. The van der Waals surface area contributed by atoms with Crippen molar-refractivity contribution >= 4 is 17.7 Å². The molecule has 1 N–H and O–H groups in total. The van der Waals surface area contributed by atoms with Gasteiger partial charge in [-0.05, 0) is 60.4 Å². The number of aryl methyl sites for hydroxylation is 2. The first-order valence-corrected chi connectivity index (χ1v) is 10.4. The first-order chi connectivity index (χ1) is 15.3. The number of hydrogen-bond acceptors (Lipinski definition) is 4. The lowest BCUT2D eigenvalue weighted by Crippen LogP contribution is -2.52. The standard InChI is InChI=1S/C24H21FN4O3/c1-13-9-15(4-6-19(13)25)22-18(11-26-28(22)2)14-3-5-17-16(10-14)12-29(24(17)32)20-7-8-21(30)27-23(20)31/h3-6,9-11,20H,7-8,12H2,1-2H3,(H,27,30,31). The van der Waals surface area contributed by atoms with Crippen LogP contribution >= 0.6 is 0 Å². The van der Waals surface area contributed by atoms with Gasteiger partial charge in [0.2, 0.25) is 11.8 Å². The molecule has 2 aromatic carbocycles. The molecule has 0 saturated carbocycles. The molecule has 0 spiro atoms. The zero-order valence-corrected chi connectivity index (χ0v) is 17.7. The van der Waals surface area contributed by atoms with E-state index in [4.69, 9.17) is 0 Å². The lowest BCUT2D eigenvalue weighted by atomic mass is 9.97. The Morgan fingerprint density at radius 3 is 2.59 bits per heavy atom. The van der Waals surface area contributed by atoms with E-state index in [9.17, 15) is 18.8 Å². The molecule has 32 heavy (non-hydrogen) atoms. The summed E-state index contributed by atoms with van der Waals surface area (Å²) >= 11 is 0. The third kappa shape index (κ3) is 3.19. The highest BCUT2D eigenvalue weighted by Crippen LogP contribution is 2.36. The number of aromatic nitrogens is 2. The summed E-state index contributed by atoms with van der Waals surface area (Å²) in [5.41, 5.74) is 5.37. The molecule has 1 aromatic heterocycles. The Balaban J connectivity index is 1.50. The number of carbonyl (C=O) groups excluding carboxylic acids is 3. The van der Waals surface area contributed by atoms with Crippen molar-refractivity contribution in [1.82, 2.24) is 20.0 Å². The fourth-order valence-electron chi connectivity index (χ4n) is 4.53. The Labute approximate surface area is 183 Å². The van der Waals surface area contributed by atoms with Gasteiger partial charge in [-0.3, -0.25) is 24.4 Å². The van der Waals surface area contributed by atoms with Crippen molar-refractivity contribution in [2.24, 2.45) is 7.05 Å². The van der Waals surface area contributed by atoms with Crippen LogP contribution < -0.4 is 5.32 Å². The van der Waals surface area contributed by atoms with Crippen LogP contribution in [0.5, 0.6) is 0 Å². The summed E-state index contributed by atoms with van der Waals surface area (Å²) in [7, 11) is 1.83. The van der Waals surface area contributed by atoms with Crippen LogP contribution in [0.15, 0.2) is 42.6 Å². The van der Waals surface area contributed by atoms with Crippen LogP contribution in [0.25, 0.3) is 22.4 Å². The van der Waals surface area contributed by atoms with E-state index in [2.05, 4.69) is 10.4 Å². The van der Waals surface area contributed by atoms with Gasteiger partial charge in [0.25, 0.3) is 5.91 Å². The average Bonchev–Trinajstić information content (AvgIpc) is 3.30. The summed E-state index contributed by atoms with van der Waals surface area (Å²) in [5, 5.41) is 6.71. The summed E-state index contributed by atoms with van der Waals surface area (Å²) in [5.74, 6) is -1.20. The third-order valence-electron chi connectivity index (χ3n) is 6.20. The maximum Gasteiger partial charge on any atom is 0.255 e. The van der Waals surface area contributed by atoms with Crippen LogP contribution in [0.4, 0.5) is 4.39 Å². The van der Waals surface area contributed by atoms with Gasteiger partial charge in [0.05, 0.1) is 11.9 Å². The quantitative estimate of drug-likeness (QED) is 0.645. The highest BCUT2D eigenvalue weighted by atomic mass is 19.1. The summed E-state index contributed by atoms with van der Waals surface area (Å²) in [4.78, 5) is 38.2. The summed E-state index contributed by atoms with van der Waals surface area (Å²) in [6.45, 7) is 2.03.